The molecule has 1 unspecified atom stereocenters. The van der Waals surface area contributed by atoms with Crippen molar-refractivity contribution in [2.75, 3.05) is 12.9 Å². The Hall–Kier alpha value is -1.92. The Morgan fingerprint density at radius 3 is 2.42 bits per heavy atom. The van der Waals surface area contributed by atoms with Crippen molar-refractivity contribution in [3.8, 4) is 5.88 Å². The van der Waals surface area contributed by atoms with Crippen LogP contribution in [0.3, 0.4) is 0 Å². The molecule has 0 aliphatic carbocycles. The van der Waals surface area contributed by atoms with Crippen LogP contribution in [0.4, 0.5) is 22.0 Å². The van der Waals surface area contributed by atoms with E-state index < -0.39 is 56.8 Å². The zero-order valence-corrected chi connectivity index (χ0v) is 13.4. The quantitative estimate of drug-likeness (QED) is 0.749. The van der Waals surface area contributed by atoms with Gasteiger partial charge < -0.3 is 9.57 Å². The van der Waals surface area contributed by atoms with Crippen LogP contribution in [0.5, 0.6) is 5.88 Å². The van der Waals surface area contributed by atoms with E-state index in [9.17, 15) is 30.4 Å². The molecule has 24 heavy (non-hydrogen) atoms. The zero-order valence-electron chi connectivity index (χ0n) is 12.6. The van der Waals surface area contributed by atoms with Gasteiger partial charge in [0.2, 0.25) is 5.88 Å². The maximum atomic E-state index is 13.3. The third kappa shape index (κ3) is 3.03. The number of nitrogens with zero attached hydrogens (tertiary/aromatic N) is 3. The predicted molar refractivity (Wildman–Crippen MR) is 70.4 cm³/mol. The van der Waals surface area contributed by atoms with Crippen molar-refractivity contribution in [3.63, 3.8) is 0 Å². The van der Waals surface area contributed by atoms with E-state index in [1.165, 1.54) is 0 Å². The molecule has 0 N–H and O–H groups in total. The van der Waals surface area contributed by atoms with E-state index in [4.69, 9.17) is 0 Å². The number of aromatic nitrogens is 2. The minimum atomic E-state index is -5.04. The van der Waals surface area contributed by atoms with Crippen molar-refractivity contribution in [3.05, 3.63) is 11.3 Å². The summed E-state index contributed by atoms with van der Waals surface area (Å²) < 4.78 is 93.3. The van der Waals surface area contributed by atoms with Gasteiger partial charge in [-0.2, -0.15) is 27.1 Å². The van der Waals surface area contributed by atoms with E-state index in [1.807, 2.05) is 0 Å². The van der Waals surface area contributed by atoms with Gasteiger partial charge in [0.1, 0.15) is 6.61 Å². The fourth-order valence-corrected chi connectivity index (χ4v) is 3.63. The predicted octanol–water partition coefficient (Wildman–Crippen LogP) is 1.69. The van der Waals surface area contributed by atoms with Crippen LogP contribution in [0.1, 0.15) is 18.2 Å². The molecule has 0 saturated heterocycles. The molecule has 0 radical (unpaired) electrons. The first-order chi connectivity index (χ1) is 10.8. The number of oxime groups is 1. The smallest absolute Gasteiger partial charge is 0.417 e. The second-order valence-corrected chi connectivity index (χ2v) is 7.23. The van der Waals surface area contributed by atoms with Crippen LogP contribution >= 0.6 is 0 Å². The van der Waals surface area contributed by atoms with E-state index in [-0.39, 0.29) is 0 Å². The number of alkyl halides is 5. The van der Waals surface area contributed by atoms with Crippen molar-refractivity contribution in [1.29, 1.82) is 0 Å². The van der Waals surface area contributed by atoms with Crippen LogP contribution < -0.4 is 4.74 Å². The van der Waals surface area contributed by atoms with Gasteiger partial charge in [0.25, 0.3) is 0 Å². The molecule has 2 heterocycles. The van der Waals surface area contributed by atoms with Crippen molar-refractivity contribution in [1.82, 2.24) is 9.78 Å². The van der Waals surface area contributed by atoms with Crippen LogP contribution in [0, 0.1) is 0 Å². The van der Waals surface area contributed by atoms with Crippen LogP contribution in [0.15, 0.2) is 5.16 Å². The molecular weight excluding hydrogens is 365 g/mol. The average molecular weight is 377 g/mol. The fourth-order valence-electron chi connectivity index (χ4n) is 2.46. The minimum absolute atomic E-state index is 0.466. The van der Waals surface area contributed by atoms with Gasteiger partial charge in [-0.25, -0.2) is 13.1 Å². The molecule has 0 saturated carbocycles. The number of halogens is 5. The number of sulfone groups is 1. The van der Waals surface area contributed by atoms with Crippen LogP contribution in [0.2, 0.25) is 0 Å². The first-order valence-corrected chi connectivity index (χ1v) is 8.17. The number of rotatable bonds is 3. The molecule has 1 aliphatic rings. The summed E-state index contributed by atoms with van der Waals surface area (Å²) in [5.41, 5.74) is -4.42. The van der Waals surface area contributed by atoms with Crippen molar-refractivity contribution in [2.45, 2.75) is 25.1 Å². The molecule has 1 atom stereocenters. The number of aryl methyl sites for hydroxylation is 1. The molecule has 1 aromatic heterocycles. The first kappa shape index (κ1) is 18.4. The monoisotopic (exact) mass is 377 g/mol. The average Bonchev–Trinajstić information content (AvgIpc) is 2.91. The summed E-state index contributed by atoms with van der Waals surface area (Å²) in [5.74, 6) is -0.915. The summed E-state index contributed by atoms with van der Waals surface area (Å²) in [6.07, 6.45) is -4.32. The topological polar surface area (TPSA) is 82.8 Å². The third-order valence-corrected chi connectivity index (χ3v) is 4.57. The third-order valence-electron chi connectivity index (χ3n) is 3.34. The standard InChI is InChI=1S/C11H12F5N3O4S/c1-10(4-22-18-8(10)24(3,20)21)5-6(11(14,15)16)17-19(2)7(5)23-9(12)13/h9H,4H2,1-3H3. The lowest BCUT2D eigenvalue weighted by Crippen LogP contribution is -2.39. The van der Waals surface area contributed by atoms with E-state index in [2.05, 4.69) is 19.8 Å². The normalized spacial score (nSPS) is 21.8. The summed E-state index contributed by atoms with van der Waals surface area (Å²) in [6, 6.07) is 0. The molecule has 0 fully saturated rings. The molecular formula is C11H12F5N3O4S. The summed E-state index contributed by atoms with van der Waals surface area (Å²) in [6.45, 7) is -2.97. The zero-order chi connectivity index (χ0) is 18.5. The van der Waals surface area contributed by atoms with Gasteiger partial charge in [-0.1, -0.05) is 5.16 Å². The van der Waals surface area contributed by atoms with E-state index in [0.29, 0.717) is 4.68 Å². The highest BCUT2D eigenvalue weighted by Crippen LogP contribution is 2.45. The lowest BCUT2D eigenvalue weighted by atomic mass is 9.84. The van der Waals surface area contributed by atoms with Gasteiger partial charge in [0.15, 0.2) is 20.6 Å². The van der Waals surface area contributed by atoms with Crippen molar-refractivity contribution >= 4 is 14.9 Å². The van der Waals surface area contributed by atoms with Gasteiger partial charge in [-0.15, -0.1) is 0 Å². The second-order valence-electron chi connectivity index (χ2n) is 5.30. The maximum absolute atomic E-state index is 13.3. The molecule has 2 rings (SSSR count). The molecule has 0 aromatic carbocycles. The number of hydrogen-bond donors (Lipinski definition) is 0. The number of hydrogen-bond acceptors (Lipinski definition) is 6. The molecule has 13 heteroatoms. The van der Waals surface area contributed by atoms with E-state index in [1.54, 1.807) is 0 Å². The Labute approximate surface area is 132 Å². The van der Waals surface area contributed by atoms with Gasteiger partial charge in [0.05, 0.1) is 11.0 Å². The van der Waals surface area contributed by atoms with E-state index in [0.717, 1.165) is 20.2 Å². The Morgan fingerprint density at radius 1 is 1.38 bits per heavy atom. The molecule has 0 bridgehead atoms. The van der Waals surface area contributed by atoms with Gasteiger partial charge in [-0.05, 0) is 6.92 Å². The molecule has 0 amide bonds. The lowest BCUT2D eigenvalue weighted by Gasteiger charge is -2.24. The summed E-state index contributed by atoms with van der Waals surface area (Å²) in [5, 5.41) is 5.71. The summed E-state index contributed by atoms with van der Waals surface area (Å²) in [4.78, 5) is 4.65. The van der Waals surface area contributed by atoms with Crippen LogP contribution in [0.25, 0.3) is 0 Å². The fraction of sp³-hybridized carbons (Fsp3) is 0.636. The molecule has 1 aromatic rings. The van der Waals surface area contributed by atoms with Crippen LogP contribution in [-0.2, 0) is 33.3 Å². The van der Waals surface area contributed by atoms with Gasteiger partial charge in [-0.3, -0.25) is 0 Å². The Balaban J connectivity index is 2.79. The highest BCUT2D eigenvalue weighted by atomic mass is 32.2. The Bertz CT molecular complexity index is 786. The van der Waals surface area contributed by atoms with E-state index >= 15 is 0 Å². The molecule has 136 valence electrons. The maximum Gasteiger partial charge on any atom is 0.435 e. The number of ether oxygens (including phenoxy) is 1. The summed E-state index contributed by atoms with van der Waals surface area (Å²) in [7, 11) is -3.11. The Kier molecular flexibility index (Phi) is 4.27. The highest BCUT2D eigenvalue weighted by molar-refractivity contribution is 8.06. The SMILES string of the molecule is Cn1nc(C(F)(F)F)c(C2(C)CON=C2S(C)(=O)=O)c1OC(F)F. The molecule has 1 aliphatic heterocycles. The summed E-state index contributed by atoms with van der Waals surface area (Å²) >= 11 is 0. The largest absolute Gasteiger partial charge is 0.435 e. The first-order valence-electron chi connectivity index (χ1n) is 6.28. The minimum Gasteiger partial charge on any atom is -0.417 e. The highest BCUT2D eigenvalue weighted by Gasteiger charge is 2.53. The van der Waals surface area contributed by atoms with Gasteiger partial charge >= 0.3 is 12.8 Å². The van der Waals surface area contributed by atoms with Crippen LogP contribution in [-0.4, -0.2) is 42.7 Å². The second kappa shape index (κ2) is 5.57. The molecule has 0 spiro atoms. The van der Waals surface area contributed by atoms with Gasteiger partial charge in [0, 0.05) is 13.3 Å². The van der Waals surface area contributed by atoms with Crippen molar-refractivity contribution in [2.24, 2.45) is 12.2 Å². The molecule has 7 nitrogen and oxygen atoms in total. The van der Waals surface area contributed by atoms with Crippen molar-refractivity contribution < 1.29 is 39.9 Å². The lowest BCUT2D eigenvalue weighted by molar-refractivity contribution is -0.142. The Morgan fingerprint density at radius 2 is 1.96 bits per heavy atom.